The summed E-state index contributed by atoms with van der Waals surface area (Å²) in [5, 5.41) is 10.1. The fourth-order valence-electron chi connectivity index (χ4n) is 4.00. The highest BCUT2D eigenvalue weighted by Gasteiger charge is 2.33. The number of aromatic nitrogens is 2. The van der Waals surface area contributed by atoms with E-state index < -0.39 is 0 Å². The van der Waals surface area contributed by atoms with E-state index >= 15 is 0 Å². The third-order valence-corrected chi connectivity index (χ3v) is 5.38. The average Bonchev–Trinajstić information content (AvgIpc) is 2.92. The van der Waals surface area contributed by atoms with Crippen LogP contribution in [0.1, 0.15) is 48.3 Å². The number of carbonyl (C=O) groups is 1. The molecule has 0 spiro atoms. The number of rotatable bonds is 3. The van der Waals surface area contributed by atoms with Crippen molar-refractivity contribution in [2.75, 3.05) is 26.2 Å². The fraction of sp³-hybridized carbons (Fsp3) is 0.706. The summed E-state index contributed by atoms with van der Waals surface area (Å²) in [6.07, 6.45) is 3.42. The van der Waals surface area contributed by atoms with Crippen LogP contribution in [-0.2, 0) is 12.8 Å². The lowest BCUT2D eigenvalue weighted by Gasteiger charge is -2.22. The van der Waals surface area contributed by atoms with Crippen molar-refractivity contribution >= 4 is 5.91 Å². The molecule has 1 amide bonds. The van der Waals surface area contributed by atoms with E-state index in [1.54, 1.807) is 0 Å². The van der Waals surface area contributed by atoms with Crippen molar-refractivity contribution in [2.45, 2.75) is 39.5 Å². The van der Waals surface area contributed by atoms with Gasteiger partial charge in [0.05, 0.1) is 5.69 Å². The molecule has 126 valence electrons. The van der Waals surface area contributed by atoms with Gasteiger partial charge in [-0.3, -0.25) is 9.59 Å². The quantitative estimate of drug-likeness (QED) is 0.870. The van der Waals surface area contributed by atoms with Crippen LogP contribution >= 0.6 is 0 Å². The van der Waals surface area contributed by atoms with Crippen molar-refractivity contribution in [2.24, 2.45) is 11.8 Å². The molecule has 0 aromatic carbocycles. The molecule has 23 heavy (non-hydrogen) atoms. The predicted molar refractivity (Wildman–Crippen MR) is 88.6 cm³/mol. The summed E-state index contributed by atoms with van der Waals surface area (Å²) in [7, 11) is 0. The largest absolute Gasteiger partial charge is 0.338 e. The van der Waals surface area contributed by atoms with Crippen molar-refractivity contribution < 1.29 is 4.79 Å². The lowest BCUT2D eigenvalue weighted by molar-refractivity contribution is 0.0755. The molecule has 3 rings (SSSR count). The summed E-state index contributed by atoms with van der Waals surface area (Å²) in [5.41, 5.74) is 1.60. The molecule has 2 aliphatic rings. The summed E-state index contributed by atoms with van der Waals surface area (Å²) in [4.78, 5) is 27.1. The average molecular weight is 318 g/mol. The first kappa shape index (κ1) is 16.2. The van der Waals surface area contributed by atoms with Gasteiger partial charge in [-0.05, 0) is 56.2 Å². The molecule has 0 bridgehead atoms. The molecular formula is C17H26N4O2. The first-order valence-electron chi connectivity index (χ1n) is 8.76. The van der Waals surface area contributed by atoms with Gasteiger partial charge in [-0.1, -0.05) is 13.8 Å². The second-order valence-electron chi connectivity index (χ2n) is 6.61. The van der Waals surface area contributed by atoms with Crippen LogP contribution in [0.15, 0.2) is 4.79 Å². The summed E-state index contributed by atoms with van der Waals surface area (Å²) in [6, 6.07) is 0. The van der Waals surface area contributed by atoms with Crippen LogP contribution in [0.25, 0.3) is 0 Å². The molecule has 6 heteroatoms. The predicted octanol–water partition coefficient (Wildman–Crippen LogP) is 0.966. The van der Waals surface area contributed by atoms with E-state index in [2.05, 4.69) is 15.5 Å². The Labute approximate surface area is 136 Å². The second-order valence-corrected chi connectivity index (χ2v) is 6.61. The summed E-state index contributed by atoms with van der Waals surface area (Å²) in [5.74, 6) is 1.22. The van der Waals surface area contributed by atoms with Crippen LogP contribution in [0.5, 0.6) is 0 Å². The summed E-state index contributed by atoms with van der Waals surface area (Å²) < 4.78 is 0. The molecule has 0 saturated carbocycles. The minimum atomic E-state index is -0.352. The number of amides is 1. The molecule has 6 nitrogen and oxygen atoms in total. The van der Waals surface area contributed by atoms with Crippen molar-refractivity contribution in [1.82, 2.24) is 20.4 Å². The molecule has 2 aliphatic heterocycles. The molecular weight excluding hydrogens is 292 g/mol. The third kappa shape index (κ3) is 3.04. The minimum absolute atomic E-state index is 0.117. The van der Waals surface area contributed by atoms with Gasteiger partial charge in [0.25, 0.3) is 11.5 Å². The van der Waals surface area contributed by atoms with Gasteiger partial charge in [-0.2, -0.15) is 5.10 Å². The van der Waals surface area contributed by atoms with Crippen molar-refractivity contribution in [3.63, 3.8) is 0 Å². The second kappa shape index (κ2) is 6.83. The number of aryl methyl sites for hydroxylation is 1. The van der Waals surface area contributed by atoms with Crippen LogP contribution in [0.2, 0.25) is 0 Å². The van der Waals surface area contributed by atoms with Crippen molar-refractivity contribution in [1.29, 1.82) is 0 Å². The number of nitrogens with one attached hydrogen (secondary N) is 2. The standard InChI is InChI=1S/C17H26N4O2/c1-3-13-14(4-2)19-20-16(22)15(13)17(23)21-7-5-11-9-18-10-12(11)6-8-21/h11-12,18H,3-10H2,1-2H3,(H,20,22)/t11-,12+. The van der Waals surface area contributed by atoms with E-state index in [0.717, 1.165) is 56.7 Å². The molecule has 2 N–H and O–H groups in total. The lowest BCUT2D eigenvalue weighted by Crippen LogP contribution is -2.37. The van der Waals surface area contributed by atoms with E-state index in [0.29, 0.717) is 23.8 Å². The van der Waals surface area contributed by atoms with E-state index in [4.69, 9.17) is 0 Å². The van der Waals surface area contributed by atoms with Crippen LogP contribution in [0.4, 0.5) is 0 Å². The first-order chi connectivity index (χ1) is 11.2. The van der Waals surface area contributed by atoms with Crippen molar-refractivity contribution in [3.8, 4) is 0 Å². The molecule has 0 unspecified atom stereocenters. The van der Waals surface area contributed by atoms with Gasteiger partial charge in [0.1, 0.15) is 5.56 Å². The highest BCUT2D eigenvalue weighted by molar-refractivity contribution is 5.95. The number of H-pyrrole nitrogens is 1. The molecule has 2 saturated heterocycles. The molecule has 1 aromatic heterocycles. The zero-order chi connectivity index (χ0) is 16.4. The highest BCUT2D eigenvalue weighted by atomic mass is 16.2. The van der Waals surface area contributed by atoms with Gasteiger partial charge >= 0.3 is 0 Å². The van der Waals surface area contributed by atoms with E-state index in [9.17, 15) is 9.59 Å². The van der Waals surface area contributed by atoms with Gasteiger partial charge < -0.3 is 10.2 Å². The Hall–Kier alpha value is -1.69. The van der Waals surface area contributed by atoms with E-state index in [-0.39, 0.29) is 11.5 Å². The van der Waals surface area contributed by atoms with Crippen LogP contribution < -0.4 is 10.9 Å². The Morgan fingerprint density at radius 3 is 2.39 bits per heavy atom. The maximum absolute atomic E-state index is 13.0. The topological polar surface area (TPSA) is 78.1 Å². The van der Waals surface area contributed by atoms with Gasteiger partial charge in [-0.15, -0.1) is 0 Å². The van der Waals surface area contributed by atoms with Crippen LogP contribution in [-0.4, -0.2) is 47.2 Å². The van der Waals surface area contributed by atoms with Crippen LogP contribution in [0, 0.1) is 11.8 Å². The van der Waals surface area contributed by atoms with Crippen LogP contribution in [0.3, 0.4) is 0 Å². The Balaban J connectivity index is 1.87. The number of likely N-dealkylation sites (tertiary alicyclic amines) is 1. The number of carbonyl (C=O) groups excluding carboxylic acids is 1. The molecule has 0 aliphatic carbocycles. The maximum atomic E-state index is 13.0. The number of fused-ring (bicyclic) bond motifs is 1. The van der Waals surface area contributed by atoms with E-state index in [1.807, 2.05) is 18.7 Å². The van der Waals surface area contributed by atoms with Crippen molar-refractivity contribution in [3.05, 3.63) is 27.2 Å². The molecule has 2 atom stereocenters. The van der Waals surface area contributed by atoms with Gasteiger partial charge in [-0.25, -0.2) is 5.10 Å². The normalized spacial score (nSPS) is 24.3. The number of hydrogen-bond acceptors (Lipinski definition) is 4. The zero-order valence-electron chi connectivity index (χ0n) is 14.0. The smallest absolute Gasteiger partial charge is 0.277 e. The summed E-state index contributed by atoms with van der Waals surface area (Å²) >= 11 is 0. The Morgan fingerprint density at radius 1 is 1.17 bits per heavy atom. The van der Waals surface area contributed by atoms with Gasteiger partial charge in [0.2, 0.25) is 0 Å². The molecule has 1 aromatic rings. The zero-order valence-corrected chi connectivity index (χ0v) is 14.0. The minimum Gasteiger partial charge on any atom is -0.338 e. The molecule has 3 heterocycles. The fourth-order valence-corrected chi connectivity index (χ4v) is 4.00. The van der Waals surface area contributed by atoms with Gasteiger partial charge in [0, 0.05) is 13.1 Å². The maximum Gasteiger partial charge on any atom is 0.277 e. The number of nitrogens with zero attached hydrogens (tertiary/aromatic N) is 2. The monoisotopic (exact) mass is 318 g/mol. The highest BCUT2D eigenvalue weighted by Crippen LogP contribution is 2.27. The summed E-state index contributed by atoms with van der Waals surface area (Å²) in [6.45, 7) is 7.58. The number of aromatic amines is 1. The van der Waals surface area contributed by atoms with E-state index in [1.165, 1.54) is 0 Å². The lowest BCUT2D eigenvalue weighted by atomic mass is 9.92. The Bertz CT molecular complexity index is 626. The molecule has 2 fully saturated rings. The Morgan fingerprint density at radius 2 is 1.83 bits per heavy atom. The van der Waals surface area contributed by atoms with Gasteiger partial charge in [0.15, 0.2) is 0 Å². The third-order valence-electron chi connectivity index (χ3n) is 5.38. The molecule has 0 radical (unpaired) electrons. The first-order valence-corrected chi connectivity index (χ1v) is 8.76. The SMILES string of the molecule is CCc1n[nH]c(=O)c(C(=O)N2CC[C@@H]3CNC[C@@H]3CC2)c1CC. The Kier molecular flexibility index (Phi) is 4.80. The number of hydrogen-bond donors (Lipinski definition) is 2.